The van der Waals surface area contributed by atoms with E-state index in [-0.39, 0.29) is 36.7 Å². The van der Waals surface area contributed by atoms with Crippen molar-refractivity contribution >= 4 is 16.1 Å². The van der Waals surface area contributed by atoms with E-state index in [4.69, 9.17) is 9.66 Å². The molecule has 0 fully saturated rings. The van der Waals surface area contributed by atoms with Gasteiger partial charge in [-0.25, -0.2) is 0 Å². The van der Waals surface area contributed by atoms with Crippen molar-refractivity contribution in [3.05, 3.63) is 0 Å². The maximum Gasteiger partial charge on any atom is 1.00 e. The molecule has 23 heavy (non-hydrogen) atoms. The van der Waals surface area contributed by atoms with E-state index in [0.717, 1.165) is 12.8 Å². The Bertz CT molecular complexity index is 356. The summed E-state index contributed by atoms with van der Waals surface area (Å²) in [6, 6.07) is 0. The van der Waals surface area contributed by atoms with Crippen LogP contribution in [-0.4, -0.2) is 43.4 Å². The van der Waals surface area contributed by atoms with E-state index in [1.807, 2.05) is 0 Å². The zero-order chi connectivity index (χ0) is 17.3. The van der Waals surface area contributed by atoms with E-state index in [1.54, 1.807) is 7.05 Å². The van der Waals surface area contributed by atoms with Gasteiger partial charge in [-0.1, -0.05) is 58.3 Å². The predicted molar refractivity (Wildman–Crippen MR) is 90.9 cm³/mol. The molecule has 3 N–H and O–H groups in total. The monoisotopic (exact) mass is 363 g/mol. The average molecular weight is 363 g/mol. The quantitative estimate of drug-likeness (QED) is 0.245. The molecule has 0 bridgehead atoms. The number of nitrogens with one attached hydrogen (secondary N) is 1. The fraction of sp³-hybridized carbons (Fsp3) is 0.933. The van der Waals surface area contributed by atoms with Crippen LogP contribution in [0.5, 0.6) is 0 Å². The molecule has 0 aromatic carbocycles. The van der Waals surface area contributed by atoms with E-state index < -0.39 is 16.1 Å². The molecular weight excluding hydrogens is 329 g/mol. The molecule has 0 radical (unpaired) electrons. The fourth-order valence-electron chi connectivity index (χ4n) is 1.82. The Hall–Kier alpha value is 0.340. The van der Waals surface area contributed by atoms with Crippen molar-refractivity contribution < 1.29 is 53.9 Å². The third kappa shape index (κ3) is 34.6. The molecule has 6 nitrogen and oxygen atoms in total. The van der Waals surface area contributed by atoms with Gasteiger partial charge in [0.25, 0.3) is 10.1 Å². The number of carboxylic acid groups (broad SMARTS) is 1. The van der Waals surface area contributed by atoms with Crippen LogP contribution in [0.3, 0.4) is 0 Å². The van der Waals surface area contributed by atoms with Crippen molar-refractivity contribution in [1.29, 1.82) is 0 Å². The second-order valence-electron chi connectivity index (χ2n) is 5.36. The molecule has 0 heterocycles. The second kappa shape index (κ2) is 20.4. The number of carboxylic acids is 1. The summed E-state index contributed by atoms with van der Waals surface area (Å²) in [7, 11) is -2.13. The fourth-order valence-corrected chi connectivity index (χ4v) is 2.28. The molecule has 0 saturated heterocycles. The van der Waals surface area contributed by atoms with E-state index in [0.29, 0.717) is 13.0 Å². The molecule has 0 aromatic heterocycles. The SMILES string of the molecule is CCCCCCCCCCCC(=O)O.CNCCS(=O)(=O)O.[H-].[Na+]. The third-order valence-corrected chi connectivity index (χ3v) is 3.82. The van der Waals surface area contributed by atoms with Gasteiger partial charge in [0.2, 0.25) is 0 Å². The Labute approximate surface area is 165 Å². The number of unbranched alkanes of at least 4 members (excludes halogenated alkanes) is 8. The van der Waals surface area contributed by atoms with Crippen LogP contribution in [0.25, 0.3) is 0 Å². The molecule has 0 atom stereocenters. The van der Waals surface area contributed by atoms with Crippen molar-refractivity contribution in [2.75, 3.05) is 19.3 Å². The standard InChI is InChI=1S/C12H24O2.C3H9NO3S.Na.H/c1-2-3-4-5-6-7-8-9-10-11-12(13)14;1-4-2-3-8(5,6)7;;/h2-11H2,1H3,(H,13,14);4H,2-3H2,1H3,(H,5,6,7);;/q;;+1;-1. The van der Waals surface area contributed by atoms with Crippen LogP contribution in [0.4, 0.5) is 0 Å². The van der Waals surface area contributed by atoms with Crippen LogP contribution in [0.1, 0.15) is 72.6 Å². The molecule has 0 aromatic rings. The van der Waals surface area contributed by atoms with Gasteiger partial charge in [0.15, 0.2) is 0 Å². The number of hydrogen-bond acceptors (Lipinski definition) is 4. The Morgan fingerprint density at radius 1 is 1.00 bits per heavy atom. The molecule has 0 amide bonds. The van der Waals surface area contributed by atoms with E-state index in [2.05, 4.69) is 12.2 Å². The van der Waals surface area contributed by atoms with Crippen LogP contribution in [0.15, 0.2) is 0 Å². The summed E-state index contributed by atoms with van der Waals surface area (Å²) in [6.45, 7) is 2.52. The molecule has 0 saturated carbocycles. The van der Waals surface area contributed by atoms with Crippen molar-refractivity contribution in [1.82, 2.24) is 5.32 Å². The Morgan fingerprint density at radius 3 is 1.74 bits per heavy atom. The molecule has 0 unspecified atom stereocenters. The van der Waals surface area contributed by atoms with E-state index in [9.17, 15) is 13.2 Å². The molecule has 0 spiro atoms. The van der Waals surface area contributed by atoms with Gasteiger partial charge in [-0.3, -0.25) is 9.35 Å². The van der Waals surface area contributed by atoms with Gasteiger partial charge >= 0.3 is 35.5 Å². The number of rotatable bonds is 13. The zero-order valence-electron chi connectivity index (χ0n) is 16.0. The van der Waals surface area contributed by atoms with Gasteiger partial charge in [0.1, 0.15) is 0 Å². The first-order valence-electron chi connectivity index (χ1n) is 8.15. The second-order valence-corrected chi connectivity index (χ2v) is 6.93. The third-order valence-electron chi connectivity index (χ3n) is 3.10. The maximum absolute atomic E-state index is 10.2. The number of carbonyl (C=O) groups is 1. The van der Waals surface area contributed by atoms with Gasteiger partial charge in [-0.15, -0.1) is 0 Å². The molecular formula is C15H34NNaO5S. The van der Waals surface area contributed by atoms with Gasteiger partial charge in [0, 0.05) is 13.0 Å². The zero-order valence-corrected chi connectivity index (χ0v) is 17.8. The minimum atomic E-state index is -3.75. The van der Waals surface area contributed by atoms with Crippen LogP contribution in [0, 0.1) is 0 Å². The Morgan fingerprint density at radius 2 is 1.43 bits per heavy atom. The first kappa shape index (κ1) is 28.2. The van der Waals surface area contributed by atoms with Gasteiger partial charge in [-0.05, 0) is 13.5 Å². The van der Waals surface area contributed by atoms with Crippen LogP contribution in [-0.2, 0) is 14.9 Å². The van der Waals surface area contributed by atoms with Crippen LogP contribution >= 0.6 is 0 Å². The minimum absolute atomic E-state index is 0. The Balaban J connectivity index is -0.000000174. The number of aliphatic carboxylic acids is 1. The molecule has 0 aliphatic carbocycles. The summed E-state index contributed by atoms with van der Waals surface area (Å²) in [4.78, 5) is 10.2. The van der Waals surface area contributed by atoms with E-state index in [1.165, 1.54) is 44.9 Å². The molecule has 0 rings (SSSR count). The number of hydrogen-bond donors (Lipinski definition) is 3. The summed E-state index contributed by atoms with van der Waals surface area (Å²) in [5.74, 6) is -0.878. The minimum Gasteiger partial charge on any atom is -1.00 e. The van der Waals surface area contributed by atoms with Crippen LogP contribution in [0.2, 0.25) is 0 Å². The summed E-state index contributed by atoms with van der Waals surface area (Å²) >= 11 is 0. The topological polar surface area (TPSA) is 104 Å². The average Bonchev–Trinajstić information content (AvgIpc) is 2.43. The van der Waals surface area contributed by atoms with Gasteiger partial charge < -0.3 is 11.8 Å². The Kier molecular flexibility index (Phi) is 25.0. The first-order chi connectivity index (χ1) is 10.3. The normalized spacial score (nSPS) is 10.4. The van der Waals surface area contributed by atoms with Crippen molar-refractivity contribution in [3.63, 3.8) is 0 Å². The molecule has 8 heteroatoms. The van der Waals surface area contributed by atoms with Crippen LogP contribution < -0.4 is 34.9 Å². The van der Waals surface area contributed by atoms with Gasteiger partial charge in [-0.2, -0.15) is 8.42 Å². The smallest absolute Gasteiger partial charge is 1.00 e. The first-order valence-corrected chi connectivity index (χ1v) is 9.76. The predicted octanol–water partition coefficient (Wildman–Crippen LogP) is 0.202. The summed E-state index contributed by atoms with van der Waals surface area (Å²) in [5.41, 5.74) is 0. The summed E-state index contributed by atoms with van der Waals surface area (Å²) in [5, 5.41) is 11.0. The summed E-state index contributed by atoms with van der Waals surface area (Å²) in [6.07, 6.45) is 11.5. The van der Waals surface area contributed by atoms with Crippen molar-refractivity contribution in [2.24, 2.45) is 0 Å². The van der Waals surface area contributed by atoms with Gasteiger partial charge in [0.05, 0.1) is 5.75 Å². The molecule has 0 aliphatic rings. The molecule has 0 aliphatic heterocycles. The van der Waals surface area contributed by atoms with E-state index >= 15 is 0 Å². The summed E-state index contributed by atoms with van der Waals surface area (Å²) < 4.78 is 27.9. The largest absolute Gasteiger partial charge is 1.00 e. The maximum atomic E-state index is 10.2. The van der Waals surface area contributed by atoms with Crippen molar-refractivity contribution in [2.45, 2.75) is 71.1 Å². The molecule has 136 valence electrons. The van der Waals surface area contributed by atoms with Crippen molar-refractivity contribution in [3.8, 4) is 0 Å².